The van der Waals surface area contributed by atoms with Gasteiger partial charge < -0.3 is 20.3 Å². The molecule has 2 aliphatic rings. The number of likely N-dealkylation sites (tertiary alicyclic amines) is 1. The minimum absolute atomic E-state index is 0.0496. The smallest absolute Gasteiger partial charge is 0.242 e. The largest absolute Gasteiger partial charge is 0.375 e. The number of nitrogens with zero attached hydrogens (tertiary/aromatic N) is 1. The lowest BCUT2D eigenvalue weighted by Crippen LogP contribution is -2.57. The van der Waals surface area contributed by atoms with Gasteiger partial charge in [-0.25, -0.2) is 0 Å². The SMILES string of the molecule is CCCNC(=O)C1CCN(C(=O)[C@H]2NCCO[C@@H]2C)CC1. The van der Waals surface area contributed by atoms with E-state index in [1.165, 1.54) is 0 Å². The molecule has 0 saturated carbocycles. The van der Waals surface area contributed by atoms with E-state index in [0.717, 1.165) is 32.4 Å². The molecule has 0 radical (unpaired) electrons. The van der Waals surface area contributed by atoms with Crippen LogP contribution in [0.25, 0.3) is 0 Å². The van der Waals surface area contributed by atoms with Crippen LogP contribution in [0.2, 0.25) is 0 Å². The summed E-state index contributed by atoms with van der Waals surface area (Å²) in [7, 11) is 0. The van der Waals surface area contributed by atoms with Crippen molar-refractivity contribution < 1.29 is 14.3 Å². The molecule has 2 heterocycles. The number of amides is 2. The summed E-state index contributed by atoms with van der Waals surface area (Å²) in [5.74, 6) is 0.291. The fourth-order valence-corrected chi connectivity index (χ4v) is 2.96. The molecule has 0 bridgehead atoms. The van der Waals surface area contributed by atoms with E-state index in [1.54, 1.807) is 0 Å². The summed E-state index contributed by atoms with van der Waals surface area (Å²) < 4.78 is 5.53. The van der Waals surface area contributed by atoms with Crippen molar-refractivity contribution in [3.05, 3.63) is 0 Å². The maximum Gasteiger partial charge on any atom is 0.242 e. The maximum absolute atomic E-state index is 12.5. The number of carbonyl (C=O) groups excluding carboxylic acids is 2. The van der Waals surface area contributed by atoms with Gasteiger partial charge in [0.05, 0.1) is 12.7 Å². The Bertz CT molecular complexity index is 367. The van der Waals surface area contributed by atoms with Gasteiger partial charge in [-0.05, 0) is 26.2 Å². The van der Waals surface area contributed by atoms with E-state index in [2.05, 4.69) is 10.6 Å². The Morgan fingerprint density at radius 3 is 2.67 bits per heavy atom. The molecular weight excluding hydrogens is 270 g/mol. The Balaban J connectivity index is 1.80. The van der Waals surface area contributed by atoms with Crippen LogP contribution in [0.4, 0.5) is 0 Å². The van der Waals surface area contributed by atoms with Crippen molar-refractivity contribution >= 4 is 11.8 Å². The molecule has 21 heavy (non-hydrogen) atoms. The molecule has 0 aromatic heterocycles. The molecule has 6 heteroatoms. The molecule has 2 fully saturated rings. The highest BCUT2D eigenvalue weighted by Gasteiger charge is 2.34. The number of carbonyl (C=O) groups is 2. The lowest BCUT2D eigenvalue weighted by atomic mass is 9.95. The molecular formula is C15H27N3O3. The number of hydrogen-bond acceptors (Lipinski definition) is 4. The summed E-state index contributed by atoms with van der Waals surface area (Å²) >= 11 is 0. The zero-order chi connectivity index (χ0) is 15.2. The van der Waals surface area contributed by atoms with E-state index in [-0.39, 0.29) is 29.9 Å². The molecule has 0 unspecified atom stereocenters. The Morgan fingerprint density at radius 1 is 1.33 bits per heavy atom. The highest BCUT2D eigenvalue weighted by atomic mass is 16.5. The van der Waals surface area contributed by atoms with Gasteiger partial charge in [-0.1, -0.05) is 6.92 Å². The quantitative estimate of drug-likeness (QED) is 0.774. The molecule has 6 nitrogen and oxygen atoms in total. The van der Waals surface area contributed by atoms with Crippen molar-refractivity contribution in [2.75, 3.05) is 32.8 Å². The number of piperidine rings is 1. The predicted octanol–water partition coefficient (Wildman–Crippen LogP) is 0.128. The minimum atomic E-state index is -0.246. The molecule has 2 aliphatic heterocycles. The normalized spacial score (nSPS) is 27.4. The first-order valence-corrected chi connectivity index (χ1v) is 8.05. The summed E-state index contributed by atoms with van der Waals surface area (Å²) in [6, 6.07) is -0.246. The number of rotatable bonds is 4. The molecule has 2 saturated heterocycles. The number of nitrogens with one attached hydrogen (secondary N) is 2. The molecule has 2 N–H and O–H groups in total. The Labute approximate surface area is 126 Å². The van der Waals surface area contributed by atoms with Gasteiger partial charge in [0, 0.05) is 32.1 Å². The van der Waals surface area contributed by atoms with Crippen molar-refractivity contribution in [1.82, 2.24) is 15.5 Å². The van der Waals surface area contributed by atoms with E-state index < -0.39 is 0 Å². The maximum atomic E-state index is 12.5. The van der Waals surface area contributed by atoms with Crippen LogP contribution in [0, 0.1) is 5.92 Å². The van der Waals surface area contributed by atoms with Crippen LogP contribution in [0.1, 0.15) is 33.1 Å². The van der Waals surface area contributed by atoms with Crippen molar-refractivity contribution in [2.24, 2.45) is 5.92 Å². The van der Waals surface area contributed by atoms with Gasteiger partial charge >= 0.3 is 0 Å². The highest BCUT2D eigenvalue weighted by Crippen LogP contribution is 2.19. The second-order valence-corrected chi connectivity index (χ2v) is 5.90. The average Bonchev–Trinajstić information content (AvgIpc) is 2.52. The lowest BCUT2D eigenvalue weighted by molar-refractivity contribution is -0.142. The molecule has 0 aromatic rings. The third-order valence-corrected chi connectivity index (χ3v) is 4.31. The van der Waals surface area contributed by atoms with Crippen molar-refractivity contribution in [3.63, 3.8) is 0 Å². The summed E-state index contributed by atoms with van der Waals surface area (Å²) in [4.78, 5) is 26.3. The third kappa shape index (κ3) is 4.17. The Morgan fingerprint density at radius 2 is 2.05 bits per heavy atom. The van der Waals surface area contributed by atoms with E-state index in [1.807, 2.05) is 18.7 Å². The molecule has 0 aromatic carbocycles. The molecule has 120 valence electrons. The number of hydrogen-bond donors (Lipinski definition) is 2. The molecule has 0 spiro atoms. The van der Waals surface area contributed by atoms with Gasteiger partial charge in [0.2, 0.25) is 11.8 Å². The second-order valence-electron chi connectivity index (χ2n) is 5.90. The second kappa shape index (κ2) is 7.75. The third-order valence-electron chi connectivity index (χ3n) is 4.31. The van der Waals surface area contributed by atoms with Crippen molar-refractivity contribution in [3.8, 4) is 0 Å². The summed E-state index contributed by atoms with van der Waals surface area (Å²) in [6.45, 7) is 7.41. The van der Waals surface area contributed by atoms with Crippen LogP contribution in [0.3, 0.4) is 0 Å². The Kier molecular flexibility index (Phi) is 5.99. The summed E-state index contributed by atoms with van der Waals surface area (Å²) in [5, 5.41) is 6.17. The summed E-state index contributed by atoms with van der Waals surface area (Å²) in [5.41, 5.74) is 0. The average molecular weight is 297 g/mol. The molecule has 0 aliphatic carbocycles. The minimum Gasteiger partial charge on any atom is -0.375 e. The monoisotopic (exact) mass is 297 g/mol. The van der Waals surface area contributed by atoms with E-state index in [0.29, 0.717) is 19.7 Å². The predicted molar refractivity (Wildman–Crippen MR) is 79.8 cm³/mol. The zero-order valence-corrected chi connectivity index (χ0v) is 13.1. The number of ether oxygens (including phenoxy) is 1. The van der Waals surface area contributed by atoms with Crippen molar-refractivity contribution in [1.29, 1.82) is 0 Å². The van der Waals surface area contributed by atoms with Crippen LogP contribution in [-0.2, 0) is 14.3 Å². The van der Waals surface area contributed by atoms with Crippen LogP contribution < -0.4 is 10.6 Å². The van der Waals surface area contributed by atoms with E-state index in [9.17, 15) is 9.59 Å². The molecule has 2 rings (SSSR count). The molecule has 2 atom stereocenters. The number of morpholine rings is 1. The first-order chi connectivity index (χ1) is 10.1. The Hall–Kier alpha value is -1.14. The standard InChI is InChI=1S/C15H27N3O3/c1-3-6-17-14(19)12-4-8-18(9-5-12)15(20)13-11(2)21-10-7-16-13/h11-13,16H,3-10H2,1-2H3,(H,17,19)/t11-,13+/m1/s1. The van der Waals surface area contributed by atoms with Gasteiger partial charge in [-0.2, -0.15) is 0 Å². The topological polar surface area (TPSA) is 70.7 Å². The van der Waals surface area contributed by atoms with Gasteiger partial charge in [0.25, 0.3) is 0 Å². The summed E-state index contributed by atoms with van der Waals surface area (Å²) in [6.07, 6.45) is 2.37. The lowest BCUT2D eigenvalue weighted by Gasteiger charge is -2.37. The molecule has 2 amide bonds. The fourth-order valence-electron chi connectivity index (χ4n) is 2.96. The van der Waals surface area contributed by atoms with Crippen LogP contribution in [0.15, 0.2) is 0 Å². The van der Waals surface area contributed by atoms with Gasteiger partial charge in [0.15, 0.2) is 0 Å². The first-order valence-electron chi connectivity index (χ1n) is 8.05. The van der Waals surface area contributed by atoms with Gasteiger partial charge in [-0.15, -0.1) is 0 Å². The van der Waals surface area contributed by atoms with E-state index in [4.69, 9.17) is 4.74 Å². The van der Waals surface area contributed by atoms with E-state index >= 15 is 0 Å². The fraction of sp³-hybridized carbons (Fsp3) is 0.867. The van der Waals surface area contributed by atoms with Crippen LogP contribution in [-0.4, -0.2) is 61.6 Å². The zero-order valence-electron chi connectivity index (χ0n) is 13.1. The van der Waals surface area contributed by atoms with Crippen LogP contribution in [0.5, 0.6) is 0 Å². The van der Waals surface area contributed by atoms with Crippen LogP contribution >= 0.6 is 0 Å². The first kappa shape index (κ1) is 16.2. The van der Waals surface area contributed by atoms with Crippen molar-refractivity contribution in [2.45, 2.75) is 45.3 Å². The highest BCUT2D eigenvalue weighted by molar-refractivity contribution is 5.83. The van der Waals surface area contributed by atoms with Gasteiger partial charge in [0.1, 0.15) is 6.04 Å². The van der Waals surface area contributed by atoms with Gasteiger partial charge in [-0.3, -0.25) is 9.59 Å².